The van der Waals surface area contributed by atoms with Crippen LogP contribution < -0.4 is 5.32 Å². The average Bonchev–Trinajstić information content (AvgIpc) is 2.49. The first kappa shape index (κ1) is 15.4. The quantitative estimate of drug-likeness (QED) is 0.646. The molecule has 1 aromatic heterocycles. The van der Waals surface area contributed by atoms with Crippen molar-refractivity contribution >= 4 is 27.4 Å². The normalized spacial score (nSPS) is 12.0. The predicted molar refractivity (Wildman–Crippen MR) is 86.7 cm³/mol. The molecule has 0 spiro atoms. The van der Waals surface area contributed by atoms with Gasteiger partial charge in [-0.1, -0.05) is 37.3 Å². The molecule has 0 saturated carbocycles. The molecule has 0 aliphatic rings. The van der Waals surface area contributed by atoms with Crippen LogP contribution in [0.15, 0.2) is 41.0 Å². The molecule has 1 aromatic carbocycles. The summed E-state index contributed by atoms with van der Waals surface area (Å²) in [5, 5.41) is 14.1. The molecule has 0 saturated heterocycles. The third kappa shape index (κ3) is 3.58. The maximum atomic E-state index is 10.9. The van der Waals surface area contributed by atoms with Crippen LogP contribution in [0.4, 0.5) is 11.5 Å². The van der Waals surface area contributed by atoms with Gasteiger partial charge in [-0.3, -0.25) is 10.1 Å². The fourth-order valence-corrected chi connectivity index (χ4v) is 2.47. The van der Waals surface area contributed by atoms with E-state index in [-0.39, 0.29) is 5.69 Å². The molecule has 2 rings (SSSR count). The Morgan fingerprint density at radius 1 is 1.38 bits per heavy atom. The number of aromatic nitrogens is 1. The van der Waals surface area contributed by atoms with Gasteiger partial charge in [-0.2, -0.15) is 0 Å². The van der Waals surface area contributed by atoms with Crippen molar-refractivity contribution in [3.8, 4) is 0 Å². The summed E-state index contributed by atoms with van der Waals surface area (Å²) in [6, 6.07) is 10.2. The molecule has 1 atom stereocenters. The van der Waals surface area contributed by atoms with Crippen LogP contribution >= 0.6 is 15.9 Å². The van der Waals surface area contributed by atoms with E-state index in [2.05, 4.69) is 45.3 Å². The van der Waals surface area contributed by atoms with Gasteiger partial charge in [0.2, 0.25) is 0 Å². The van der Waals surface area contributed by atoms with Crippen molar-refractivity contribution < 1.29 is 4.92 Å². The molecule has 6 heteroatoms. The summed E-state index contributed by atoms with van der Waals surface area (Å²) >= 11 is 3.38. The second-order valence-corrected chi connectivity index (χ2v) is 5.67. The first-order valence-electron chi connectivity index (χ1n) is 6.59. The van der Waals surface area contributed by atoms with E-state index in [1.165, 1.54) is 11.8 Å². The Labute approximate surface area is 131 Å². The second-order valence-electron chi connectivity index (χ2n) is 4.88. The molecule has 1 heterocycles. The predicted octanol–water partition coefficient (Wildman–Crippen LogP) is 4.28. The number of hydrogen-bond acceptors (Lipinski definition) is 4. The van der Waals surface area contributed by atoms with Crippen molar-refractivity contribution in [2.75, 3.05) is 11.9 Å². The Balaban J connectivity index is 2.11. The minimum absolute atomic E-state index is 0.0172. The summed E-state index contributed by atoms with van der Waals surface area (Å²) in [5.74, 6) is 0.941. The summed E-state index contributed by atoms with van der Waals surface area (Å²) in [4.78, 5) is 14.6. The highest BCUT2D eigenvalue weighted by Crippen LogP contribution is 2.30. The summed E-state index contributed by atoms with van der Waals surface area (Å²) in [7, 11) is 0. The van der Waals surface area contributed by atoms with Crippen molar-refractivity contribution in [3.05, 3.63) is 62.2 Å². The zero-order valence-electron chi connectivity index (χ0n) is 11.8. The lowest BCUT2D eigenvalue weighted by Crippen LogP contribution is -2.12. The molecular formula is C15H16BrN3O2. The Bertz CT molecular complexity index is 647. The number of hydrogen-bond donors (Lipinski definition) is 1. The lowest BCUT2D eigenvalue weighted by atomic mass is 10.0. The summed E-state index contributed by atoms with van der Waals surface area (Å²) < 4.78 is 0.636. The number of halogens is 1. The SMILES string of the molecule is Cc1c([N+](=O)[O-])cnc(NCC(C)c2ccccc2)c1Br. The average molecular weight is 350 g/mol. The first-order chi connectivity index (χ1) is 10.0. The van der Waals surface area contributed by atoms with Crippen molar-refractivity contribution in [1.82, 2.24) is 4.98 Å². The fourth-order valence-electron chi connectivity index (χ4n) is 2.03. The van der Waals surface area contributed by atoms with Crippen LogP contribution in [0.3, 0.4) is 0 Å². The van der Waals surface area contributed by atoms with Crippen LogP contribution in [0.2, 0.25) is 0 Å². The van der Waals surface area contributed by atoms with E-state index in [1.54, 1.807) is 6.92 Å². The molecule has 21 heavy (non-hydrogen) atoms. The number of benzene rings is 1. The van der Waals surface area contributed by atoms with E-state index in [1.807, 2.05) is 18.2 Å². The molecule has 0 aliphatic carbocycles. The van der Waals surface area contributed by atoms with Gasteiger partial charge in [0.05, 0.1) is 9.40 Å². The van der Waals surface area contributed by atoms with Gasteiger partial charge in [0, 0.05) is 12.1 Å². The van der Waals surface area contributed by atoms with Crippen LogP contribution in [-0.4, -0.2) is 16.5 Å². The van der Waals surface area contributed by atoms with Gasteiger partial charge in [0.15, 0.2) is 0 Å². The summed E-state index contributed by atoms with van der Waals surface area (Å²) in [6.45, 7) is 4.52. The maximum absolute atomic E-state index is 10.9. The molecule has 110 valence electrons. The molecular weight excluding hydrogens is 334 g/mol. The van der Waals surface area contributed by atoms with Crippen LogP contribution in [-0.2, 0) is 0 Å². The first-order valence-corrected chi connectivity index (χ1v) is 7.38. The van der Waals surface area contributed by atoms with E-state index in [0.29, 0.717) is 28.3 Å². The lowest BCUT2D eigenvalue weighted by molar-refractivity contribution is -0.385. The van der Waals surface area contributed by atoms with Crippen molar-refractivity contribution in [1.29, 1.82) is 0 Å². The van der Waals surface area contributed by atoms with Gasteiger partial charge in [0.25, 0.3) is 5.69 Å². The number of nitro groups is 1. The highest BCUT2D eigenvalue weighted by molar-refractivity contribution is 9.10. The number of rotatable bonds is 5. The third-order valence-corrected chi connectivity index (χ3v) is 4.35. The molecule has 0 fully saturated rings. The summed E-state index contributed by atoms with van der Waals surface area (Å²) in [5.41, 5.74) is 1.83. The number of anilines is 1. The Morgan fingerprint density at radius 3 is 2.67 bits per heavy atom. The van der Waals surface area contributed by atoms with Crippen LogP contribution in [0.5, 0.6) is 0 Å². The molecule has 2 aromatic rings. The molecule has 0 bridgehead atoms. The standard InChI is InChI=1S/C15H16BrN3O2/c1-10(12-6-4-3-5-7-12)8-17-15-14(16)11(2)13(9-18-15)19(20)21/h3-7,9-10H,8H2,1-2H3,(H,17,18). The van der Waals surface area contributed by atoms with Crippen LogP contribution in [0, 0.1) is 17.0 Å². The third-order valence-electron chi connectivity index (χ3n) is 3.38. The van der Waals surface area contributed by atoms with Gasteiger partial charge >= 0.3 is 0 Å². The van der Waals surface area contributed by atoms with Gasteiger partial charge in [-0.15, -0.1) is 0 Å². The van der Waals surface area contributed by atoms with E-state index < -0.39 is 4.92 Å². The van der Waals surface area contributed by atoms with Crippen molar-refractivity contribution in [3.63, 3.8) is 0 Å². The van der Waals surface area contributed by atoms with Gasteiger partial charge < -0.3 is 5.32 Å². The molecule has 0 amide bonds. The maximum Gasteiger partial charge on any atom is 0.291 e. The minimum Gasteiger partial charge on any atom is -0.369 e. The topological polar surface area (TPSA) is 68.1 Å². The van der Waals surface area contributed by atoms with E-state index in [4.69, 9.17) is 0 Å². The zero-order valence-corrected chi connectivity index (χ0v) is 13.4. The second kappa shape index (κ2) is 6.67. The molecule has 1 N–H and O–H groups in total. The minimum atomic E-state index is -0.427. The molecule has 0 aliphatic heterocycles. The van der Waals surface area contributed by atoms with Crippen molar-refractivity contribution in [2.24, 2.45) is 0 Å². The number of nitrogens with one attached hydrogen (secondary N) is 1. The van der Waals surface area contributed by atoms with Crippen LogP contribution in [0.1, 0.15) is 24.0 Å². The largest absolute Gasteiger partial charge is 0.369 e. The van der Waals surface area contributed by atoms with Gasteiger partial charge in [-0.05, 0) is 34.3 Å². The highest BCUT2D eigenvalue weighted by Gasteiger charge is 2.17. The van der Waals surface area contributed by atoms with Crippen molar-refractivity contribution in [2.45, 2.75) is 19.8 Å². The lowest BCUT2D eigenvalue weighted by Gasteiger charge is -2.15. The molecule has 5 nitrogen and oxygen atoms in total. The highest BCUT2D eigenvalue weighted by atomic mass is 79.9. The number of pyridine rings is 1. The number of nitrogens with zero attached hydrogens (tertiary/aromatic N) is 2. The van der Waals surface area contributed by atoms with E-state index in [9.17, 15) is 10.1 Å². The fraction of sp³-hybridized carbons (Fsp3) is 0.267. The van der Waals surface area contributed by atoms with Crippen LogP contribution in [0.25, 0.3) is 0 Å². The smallest absolute Gasteiger partial charge is 0.291 e. The van der Waals surface area contributed by atoms with E-state index in [0.717, 1.165) is 0 Å². The molecule has 1 unspecified atom stereocenters. The Hall–Kier alpha value is -1.95. The summed E-state index contributed by atoms with van der Waals surface area (Å²) in [6.07, 6.45) is 1.29. The van der Waals surface area contributed by atoms with Gasteiger partial charge in [-0.25, -0.2) is 4.98 Å². The Kier molecular flexibility index (Phi) is 4.90. The van der Waals surface area contributed by atoms with E-state index >= 15 is 0 Å². The van der Waals surface area contributed by atoms with Gasteiger partial charge in [0.1, 0.15) is 12.0 Å². The Morgan fingerprint density at radius 2 is 2.05 bits per heavy atom. The molecule has 0 radical (unpaired) electrons. The monoisotopic (exact) mass is 349 g/mol. The zero-order chi connectivity index (χ0) is 15.4.